The van der Waals surface area contributed by atoms with E-state index >= 15 is 0 Å². The summed E-state index contributed by atoms with van der Waals surface area (Å²) < 4.78 is 18.6. The van der Waals surface area contributed by atoms with Gasteiger partial charge in [-0.3, -0.25) is 19.4 Å². The Balaban J connectivity index is 1.04. The third-order valence-corrected chi connectivity index (χ3v) is 10.9. The van der Waals surface area contributed by atoms with Gasteiger partial charge < -0.3 is 29.7 Å². The fraction of sp³-hybridized carbons (Fsp3) is 0.298. The number of carbonyl (C=O) groups excluding carboxylic acids is 3. The summed E-state index contributed by atoms with van der Waals surface area (Å²) in [6, 6.07) is 41.0. The molecule has 0 radical (unpaired) electrons. The van der Waals surface area contributed by atoms with Gasteiger partial charge in [0.2, 0.25) is 5.91 Å². The van der Waals surface area contributed by atoms with Crippen molar-refractivity contribution in [1.82, 2.24) is 15.1 Å². The Morgan fingerprint density at radius 1 is 0.828 bits per heavy atom. The fourth-order valence-corrected chi connectivity index (χ4v) is 7.46. The molecule has 0 aliphatic carbocycles. The summed E-state index contributed by atoms with van der Waals surface area (Å²) in [6.45, 7) is 2.62. The second kappa shape index (κ2) is 18.7. The molecule has 0 saturated carbocycles. The van der Waals surface area contributed by atoms with Crippen molar-refractivity contribution in [1.29, 1.82) is 0 Å². The summed E-state index contributed by atoms with van der Waals surface area (Å²) in [5.41, 5.74) is 6.81. The Bertz CT molecular complexity index is 2170. The summed E-state index contributed by atoms with van der Waals surface area (Å²) in [5, 5.41) is 23.4. The quantitative estimate of drug-likeness (QED) is 0.102. The molecule has 6 unspecified atom stereocenters. The topological polar surface area (TPSA) is 138 Å². The molecule has 300 valence electrons. The highest BCUT2D eigenvalue weighted by atomic mass is 16.7. The molecule has 11 heteroatoms. The van der Waals surface area contributed by atoms with Crippen molar-refractivity contribution in [2.75, 3.05) is 13.6 Å². The largest absolute Gasteiger partial charge is 0.445 e. The van der Waals surface area contributed by atoms with Gasteiger partial charge in [-0.2, -0.15) is 0 Å². The number of aliphatic hydroxyl groups excluding tert-OH is 2. The van der Waals surface area contributed by atoms with Crippen LogP contribution in [0.2, 0.25) is 0 Å². The number of carbonyl (C=O) groups is 3. The van der Waals surface area contributed by atoms with E-state index in [0.29, 0.717) is 13.0 Å². The summed E-state index contributed by atoms with van der Waals surface area (Å²) >= 11 is 0. The molecule has 5 aromatic carbocycles. The molecule has 2 saturated heterocycles. The summed E-state index contributed by atoms with van der Waals surface area (Å²) in [4.78, 5) is 42.0. The molecule has 11 nitrogen and oxygen atoms in total. The van der Waals surface area contributed by atoms with Gasteiger partial charge in [0, 0.05) is 24.6 Å². The van der Waals surface area contributed by atoms with Gasteiger partial charge in [0.05, 0.1) is 37.9 Å². The molecular weight excluding hydrogens is 735 g/mol. The number of hydrogen-bond acceptors (Lipinski definition) is 9. The molecule has 2 aliphatic rings. The number of rotatable bonds is 14. The number of nitrogens with one attached hydrogen (secondary N) is 1. The third kappa shape index (κ3) is 9.87. The normalized spacial score (nSPS) is 20.5. The number of imide groups is 1. The highest BCUT2D eigenvalue weighted by Crippen LogP contribution is 2.39. The van der Waals surface area contributed by atoms with Gasteiger partial charge in [-0.25, -0.2) is 4.79 Å². The van der Waals surface area contributed by atoms with Crippen LogP contribution < -0.4 is 5.32 Å². The van der Waals surface area contributed by atoms with Crippen LogP contribution in [0.15, 0.2) is 133 Å². The minimum Gasteiger partial charge on any atom is -0.445 e. The number of nitrogens with zero attached hydrogens (tertiary/aromatic N) is 2. The minimum absolute atomic E-state index is 0.0467. The first-order valence-corrected chi connectivity index (χ1v) is 19.6. The molecule has 0 bridgehead atoms. The fourth-order valence-electron chi connectivity index (χ4n) is 7.46. The zero-order valence-electron chi connectivity index (χ0n) is 32.6. The predicted octanol–water partition coefficient (Wildman–Crippen LogP) is 7.00. The van der Waals surface area contributed by atoms with Crippen molar-refractivity contribution < 1.29 is 38.8 Å². The van der Waals surface area contributed by atoms with Crippen LogP contribution in [-0.4, -0.2) is 69.7 Å². The second-order valence-corrected chi connectivity index (χ2v) is 15.0. The molecule has 2 fully saturated rings. The maximum Gasteiger partial charge on any atom is 0.408 e. The molecule has 6 atom stereocenters. The molecule has 3 amide bonds. The molecule has 3 N–H and O–H groups in total. The van der Waals surface area contributed by atoms with Crippen molar-refractivity contribution in [3.63, 3.8) is 0 Å². The van der Waals surface area contributed by atoms with Gasteiger partial charge in [-0.1, -0.05) is 121 Å². The van der Waals surface area contributed by atoms with Gasteiger partial charge in [0.15, 0.2) is 6.29 Å². The first-order chi connectivity index (χ1) is 28.1. The molecule has 5 aromatic rings. The average Bonchev–Trinajstić information content (AvgIpc) is 3.52. The van der Waals surface area contributed by atoms with E-state index in [2.05, 4.69) is 10.2 Å². The minimum atomic E-state index is -0.997. The Morgan fingerprint density at radius 3 is 2.22 bits per heavy atom. The Kier molecular flexibility index (Phi) is 13.1. The van der Waals surface area contributed by atoms with Crippen molar-refractivity contribution in [3.05, 3.63) is 167 Å². The summed E-state index contributed by atoms with van der Waals surface area (Å²) in [6.07, 6.45) is -2.20. The SMILES string of the molecule is CC(C(O)c1ccccc1)N(C)CC1CC(c2ccc(CO)cc2)OC(c2cccc(-c3cccc(CN4C(=O)CC(NC(=O)OCc5ccccc5)C4=O)c3)c2)O1. The third-order valence-electron chi connectivity index (χ3n) is 10.9. The van der Waals surface area contributed by atoms with Gasteiger partial charge in [-0.05, 0) is 65.0 Å². The Labute approximate surface area is 338 Å². The van der Waals surface area contributed by atoms with Crippen LogP contribution >= 0.6 is 0 Å². The highest BCUT2D eigenvalue weighted by molar-refractivity contribution is 6.06. The zero-order valence-corrected chi connectivity index (χ0v) is 32.6. The van der Waals surface area contributed by atoms with Crippen LogP contribution in [0.1, 0.15) is 71.6 Å². The number of benzene rings is 5. The Morgan fingerprint density at radius 2 is 1.50 bits per heavy atom. The molecule has 0 aromatic heterocycles. The van der Waals surface area contributed by atoms with Crippen molar-refractivity contribution >= 4 is 17.9 Å². The molecule has 2 heterocycles. The molecule has 58 heavy (non-hydrogen) atoms. The second-order valence-electron chi connectivity index (χ2n) is 15.0. The van der Waals surface area contributed by atoms with Crippen molar-refractivity contribution in [2.24, 2.45) is 0 Å². The van der Waals surface area contributed by atoms with Crippen LogP contribution in [0.25, 0.3) is 11.1 Å². The van der Waals surface area contributed by atoms with Crippen molar-refractivity contribution in [2.45, 2.75) is 76.2 Å². The zero-order chi connectivity index (χ0) is 40.6. The van der Waals surface area contributed by atoms with Crippen LogP contribution in [0.4, 0.5) is 4.79 Å². The Hall–Kier alpha value is -5.69. The molecular formula is C47H49N3O8. The number of amides is 3. The van der Waals surface area contributed by atoms with Crippen LogP contribution in [0.5, 0.6) is 0 Å². The average molecular weight is 784 g/mol. The van der Waals surface area contributed by atoms with Crippen LogP contribution in [0.3, 0.4) is 0 Å². The van der Waals surface area contributed by atoms with Gasteiger partial charge in [0.1, 0.15) is 12.6 Å². The number of hydrogen-bond donors (Lipinski definition) is 3. The maximum absolute atomic E-state index is 13.3. The monoisotopic (exact) mass is 783 g/mol. The lowest BCUT2D eigenvalue weighted by Crippen LogP contribution is -2.43. The number of aliphatic hydroxyl groups is 2. The van der Waals surface area contributed by atoms with Gasteiger partial charge in [-0.15, -0.1) is 0 Å². The van der Waals surface area contributed by atoms with E-state index < -0.39 is 30.4 Å². The first-order valence-electron chi connectivity index (χ1n) is 19.6. The first kappa shape index (κ1) is 40.5. The highest BCUT2D eigenvalue weighted by Gasteiger charge is 2.40. The van der Waals surface area contributed by atoms with E-state index in [9.17, 15) is 24.6 Å². The summed E-state index contributed by atoms with van der Waals surface area (Å²) in [7, 11) is 1.99. The summed E-state index contributed by atoms with van der Waals surface area (Å²) in [5.74, 6) is -0.854. The van der Waals surface area contributed by atoms with E-state index in [1.54, 1.807) is 0 Å². The lowest BCUT2D eigenvalue weighted by molar-refractivity contribution is -0.253. The number of likely N-dealkylation sites (N-methyl/N-ethyl adjacent to an activating group) is 1. The molecule has 2 aliphatic heterocycles. The van der Waals surface area contributed by atoms with E-state index in [-0.39, 0.29) is 50.3 Å². The van der Waals surface area contributed by atoms with E-state index in [1.165, 1.54) is 4.90 Å². The van der Waals surface area contributed by atoms with Gasteiger partial charge in [0.25, 0.3) is 5.91 Å². The number of alkyl carbamates (subject to hydrolysis) is 1. The van der Waals surface area contributed by atoms with Gasteiger partial charge >= 0.3 is 6.09 Å². The van der Waals surface area contributed by atoms with Crippen LogP contribution in [0, 0.1) is 0 Å². The van der Waals surface area contributed by atoms with Crippen molar-refractivity contribution in [3.8, 4) is 11.1 Å². The molecule has 7 rings (SSSR count). The van der Waals surface area contributed by atoms with E-state index in [0.717, 1.165) is 44.5 Å². The number of likely N-dealkylation sites (tertiary alicyclic amines) is 1. The van der Waals surface area contributed by atoms with E-state index in [4.69, 9.17) is 14.2 Å². The predicted molar refractivity (Wildman–Crippen MR) is 218 cm³/mol. The maximum atomic E-state index is 13.3. The standard InChI is InChI=1S/C47H49N3O8/c1-31(44(53)36-14-7-4-8-15-36)49(2)28-40-25-42(35-21-19-32(29-51)20-22-35)58-46(57-40)39-18-10-17-38(24-39)37-16-9-13-34(23-37)27-50-43(52)26-41(45(50)54)48-47(55)56-30-33-11-5-3-6-12-33/h3-24,31,40-42,44,46,51,53H,25-30H2,1-2H3,(H,48,55). The van der Waals surface area contributed by atoms with E-state index in [1.807, 2.05) is 147 Å². The molecule has 0 spiro atoms. The number of ether oxygens (including phenoxy) is 3. The lowest BCUT2D eigenvalue weighted by atomic mass is 9.97. The lowest BCUT2D eigenvalue weighted by Gasteiger charge is -2.39. The smallest absolute Gasteiger partial charge is 0.408 e. The van der Waals surface area contributed by atoms with Crippen LogP contribution in [-0.2, 0) is 43.6 Å².